The van der Waals surface area contributed by atoms with Crippen molar-refractivity contribution in [3.63, 3.8) is 0 Å². The Labute approximate surface area is 151 Å². The topological polar surface area (TPSA) is 67.5 Å². The molecule has 0 fully saturated rings. The Morgan fingerprint density at radius 1 is 1.08 bits per heavy atom. The Kier molecular flexibility index (Phi) is 6.85. The normalized spacial score (nSPS) is 12.8. The number of para-hydroxylation sites is 1. The van der Waals surface area contributed by atoms with E-state index in [9.17, 15) is 5.11 Å². The summed E-state index contributed by atoms with van der Waals surface area (Å²) in [6.07, 6.45) is 1.67. The molecular formula is C21H30N2O2. The Morgan fingerprint density at radius 2 is 1.80 bits per heavy atom. The van der Waals surface area contributed by atoms with Gasteiger partial charge in [0.15, 0.2) is 5.75 Å². The number of rotatable bonds is 8. The van der Waals surface area contributed by atoms with Crippen molar-refractivity contribution in [2.24, 2.45) is 0 Å². The first-order valence-electron chi connectivity index (χ1n) is 8.87. The maximum atomic E-state index is 9.44. The average molecular weight is 342 g/mol. The minimum absolute atomic E-state index is 0.0897. The van der Waals surface area contributed by atoms with Gasteiger partial charge in [0.2, 0.25) is 0 Å². The number of nitrogens with two attached hydrogens (primary N) is 1. The summed E-state index contributed by atoms with van der Waals surface area (Å²) in [6.45, 7) is 7.53. The summed E-state index contributed by atoms with van der Waals surface area (Å²) in [7, 11) is 0. The SMILES string of the molecule is CC(C)(C)NCCC(CCO)c1ccc(N)c(Oc2ccccc2)c1. The van der Waals surface area contributed by atoms with Crippen LogP contribution >= 0.6 is 0 Å². The lowest BCUT2D eigenvalue weighted by Crippen LogP contribution is -2.36. The van der Waals surface area contributed by atoms with Crippen LogP contribution in [-0.2, 0) is 0 Å². The fourth-order valence-corrected chi connectivity index (χ4v) is 2.76. The summed E-state index contributed by atoms with van der Waals surface area (Å²) in [5, 5.41) is 12.9. The summed E-state index contributed by atoms with van der Waals surface area (Å²) < 4.78 is 5.93. The fourth-order valence-electron chi connectivity index (χ4n) is 2.76. The Bertz CT molecular complexity index is 651. The molecule has 2 rings (SSSR count). The monoisotopic (exact) mass is 342 g/mol. The van der Waals surface area contributed by atoms with E-state index < -0.39 is 0 Å². The number of anilines is 1. The van der Waals surface area contributed by atoms with Crippen molar-refractivity contribution in [2.75, 3.05) is 18.9 Å². The van der Waals surface area contributed by atoms with Gasteiger partial charge in [-0.2, -0.15) is 0 Å². The van der Waals surface area contributed by atoms with Crippen molar-refractivity contribution in [3.05, 3.63) is 54.1 Å². The van der Waals surface area contributed by atoms with E-state index in [0.29, 0.717) is 11.4 Å². The number of ether oxygens (including phenoxy) is 1. The first-order valence-corrected chi connectivity index (χ1v) is 8.87. The first kappa shape index (κ1) is 19.3. The maximum Gasteiger partial charge on any atom is 0.150 e. The lowest BCUT2D eigenvalue weighted by molar-refractivity contribution is 0.270. The highest BCUT2D eigenvalue weighted by Gasteiger charge is 2.15. The third-order valence-electron chi connectivity index (χ3n) is 4.11. The van der Waals surface area contributed by atoms with Crippen LogP contribution in [0.5, 0.6) is 11.5 Å². The molecule has 1 unspecified atom stereocenters. The van der Waals surface area contributed by atoms with Gasteiger partial charge in [-0.3, -0.25) is 0 Å². The molecule has 0 saturated carbocycles. The van der Waals surface area contributed by atoms with Crippen LogP contribution in [0.25, 0.3) is 0 Å². The molecule has 0 saturated heterocycles. The molecule has 2 aromatic rings. The molecule has 136 valence electrons. The van der Waals surface area contributed by atoms with E-state index in [1.807, 2.05) is 48.5 Å². The molecular weight excluding hydrogens is 312 g/mol. The zero-order valence-electron chi connectivity index (χ0n) is 15.5. The van der Waals surface area contributed by atoms with Crippen LogP contribution in [0.1, 0.15) is 45.1 Å². The molecule has 0 radical (unpaired) electrons. The van der Waals surface area contributed by atoms with Gasteiger partial charge in [0.1, 0.15) is 5.75 Å². The molecule has 0 amide bonds. The van der Waals surface area contributed by atoms with Gasteiger partial charge in [-0.15, -0.1) is 0 Å². The quantitative estimate of drug-likeness (QED) is 0.626. The second-order valence-electron chi connectivity index (χ2n) is 7.39. The van der Waals surface area contributed by atoms with Crippen molar-refractivity contribution in [2.45, 2.75) is 45.1 Å². The molecule has 0 spiro atoms. The smallest absolute Gasteiger partial charge is 0.150 e. The Morgan fingerprint density at radius 3 is 2.44 bits per heavy atom. The number of aliphatic hydroxyl groups is 1. The van der Waals surface area contributed by atoms with E-state index in [4.69, 9.17) is 10.5 Å². The third kappa shape index (κ3) is 6.40. The zero-order valence-corrected chi connectivity index (χ0v) is 15.5. The van der Waals surface area contributed by atoms with E-state index in [-0.39, 0.29) is 18.1 Å². The van der Waals surface area contributed by atoms with Gasteiger partial charge in [-0.05, 0) is 75.9 Å². The summed E-state index contributed by atoms with van der Waals surface area (Å²) in [4.78, 5) is 0. The number of benzene rings is 2. The van der Waals surface area contributed by atoms with Crippen LogP contribution in [0.4, 0.5) is 5.69 Å². The molecule has 0 bridgehead atoms. The van der Waals surface area contributed by atoms with Gasteiger partial charge in [0.25, 0.3) is 0 Å². The molecule has 4 N–H and O–H groups in total. The second kappa shape index (κ2) is 8.88. The van der Waals surface area contributed by atoms with Gasteiger partial charge in [0, 0.05) is 12.1 Å². The molecule has 0 aliphatic heterocycles. The van der Waals surface area contributed by atoms with Gasteiger partial charge < -0.3 is 20.9 Å². The lowest BCUT2D eigenvalue weighted by Gasteiger charge is -2.23. The van der Waals surface area contributed by atoms with E-state index in [1.165, 1.54) is 0 Å². The number of nitrogen functional groups attached to an aromatic ring is 1. The van der Waals surface area contributed by atoms with Crippen molar-refractivity contribution < 1.29 is 9.84 Å². The molecule has 0 aliphatic carbocycles. The first-order chi connectivity index (χ1) is 11.9. The minimum Gasteiger partial charge on any atom is -0.455 e. The molecule has 1 atom stereocenters. The van der Waals surface area contributed by atoms with Crippen LogP contribution in [-0.4, -0.2) is 23.8 Å². The molecule has 0 aliphatic rings. The highest BCUT2D eigenvalue weighted by atomic mass is 16.5. The van der Waals surface area contributed by atoms with Crippen molar-refractivity contribution in [1.82, 2.24) is 5.32 Å². The van der Waals surface area contributed by atoms with Crippen LogP contribution in [0.3, 0.4) is 0 Å². The van der Waals surface area contributed by atoms with Gasteiger partial charge in [-0.25, -0.2) is 0 Å². The number of hydrogen-bond donors (Lipinski definition) is 3. The highest BCUT2D eigenvalue weighted by Crippen LogP contribution is 2.33. The summed E-state index contributed by atoms with van der Waals surface area (Å²) in [5.74, 6) is 1.69. The Balaban J connectivity index is 2.13. The second-order valence-corrected chi connectivity index (χ2v) is 7.39. The molecule has 0 heterocycles. The maximum absolute atomic E-state index is 9.44. The molecule has 0 aromatic heterocycles. The summed E-state index contributed by atoms with van der Waals surface area (Å²) >= 11 is 0. The zero-order chi connectivity index (χ0) is 18.3. The van der Waals surface area contributed by atoms with Gasteiger partial charge >= 0.3 is 0 Å². The summed E-state index contributed by atoms with van der Waals surface area (Å²) in [5.41, 5.74) is 7.93. The number of nitrogens with one attached hydrogen (secondary N) is 1. The number of hydrogen-bond acceptors (Lipinski definition) is 4. The van der Waals surface area contributed by atoms with Crippen molar-refractivity contribution >= 4 is 5.69 Å². The van der Waals surface area contributed by atoms with E-state index in [0.717, 1.165) is 30.7 Å². The fraction of sp³-hybridized carbons (Fsp3) is 0.429. The predicted molar refractivity (Wildman–Crippen MR) is 104 cm³/mol. The van der Waals surface area contributed by atoms with Crippen LogP contribution < -0.4 is 15.8 Å². The molecule has 25 heavy (non-hydrogen) atoms. The largest absolute Gasteiger partial charge is 0.455 e. The minimum atomic E-state index is 0.0897. The van der Waals surface area contributed by atoms with E-state index >= 15 is 0 Å². The van der Waals surface area contributed by atoms with Crippen LogP contribution in [0, 0.1) is 0 Å². The van der Waals surface area contributed by atoms with E-state index in [2.05, 4.69) is 26.1 Å². The predicted octanol–water partition coefficient (Wildman–Crippen LogP) is 4.31. The van der Waals surface area contributed by atoms with Gasteiger partial charge in [0.05, 0.1) is 5.69 Å². The average Bonchev–Trinajstić information content (AvgIpc) is 2.56. The van der Waals surface area contributed by atoms with Crippen LogP contribution in [0.15, 0.2) is 48.5 Å². The highest BCUT2D eigenvalue weighted by molar-refractivity contribution is 5.56. The molecule has 4 nitrogen and oxygen atoms in total. The van der Waals surface area contributed by atoms with Gasteiger partial charge in [-0.1, -0.05) is 24.3 Å². The standard InChI is InChI=1S/C21H30N2O2/c1-21(2,3)23-13-11-16(12-14-24)17-9-10-19(22)20(15-17)25-18-7-5-4-6-8-18/h4-10,15-16,23-24H,11-14,22H2,1-3H3. The van der Waals surface area contributed by atoms with Crippen molar-refractivity contribution in [1.29, 1.82) is 0 Å². The lowest BCUT2D eigenvalue weighted by atomic mass is 9.92. The third-order valence-corrected chi connectivity index (χ3v) is 4.11. The molecule has 2 aromatic carbocycles. The Hall–Kier alpha value is -2.04. The summed E-state index contributed by atoms with van der Waals surface area (Å²) in [6, 6.07) is 15.5. The van der Waals surface area contributed by atoms with E-state index in [1.54, 1.807) is 0 Å². The molecule has 4 heteroatoms. The van der Waals surface area contributed by atoms with Crippen molar-refractivity contribution in [3.8, 4) is 11.5 Å². The number of aliphatic hydroxyl groups excluding tert-OH is 1. The van der Waals surface area contributed by atoms with Crippen LogP contribution in [0.2, 0.25) is 0 Å².